The second kappa shape index (κ2) is 8.59. The lowest BCUT2D eigenvalue weighted by Gasteiger charge is -2.31. The lowest BCUT2D eigenvalue weighted by Crippen LogP contribution is -2.42. The van der Waals surface area contributed by atoms with Gasteiger partial charge in [-0.2, -0.15) is 5.10 Å². The average molecular weight is 455 g/mol. The lowest BCUT2D eigenvalue weighted by atomic mass is 9.77. The summed E-state index contributed by atoms with van der Waals surface area (Å²) in [6.45, 7) is 3.78. The van der Waals surface area contributed by atoms with Gasteiger partial charge in [-0.1, -0.05) is 42.5 Å². The molecular formula is C27H23FN4O2. The molecule has 0 saturated carbocycles. The van der Waals surface area contributed by atoms with E-state index in [-0.39, 0.29) is 5.82 Å². The highest BCUT2D eigenvalue weighted by Gasteiger charge is 2.44. The number of aromatic nitrogens is 2. The predicted molar refractivity (Wildman–Crippen MR) is 128 cm³/mol. The standard InChI is InChI=1S/C27H23FN4O2/c1-16-7-6-8-20(15-16)29-26(33)24-23(18-11-13-19(28)14-12-18)22-17(2)31-32(25(22)30-27(24)34)21-9-4-3-5-10-21/h3-15,23-24H,1-2H3,(H,29,33)(H,30,34)/t23-,24+/m0/s1. The van der Waals surface area contributed by atoms with Gasteiger partial charge in [-0.05, 0) is 61.4 Å². The molecule has 2 N–H and O–H groups in total. The number of benzene rings is 3. The van der Waals surface area contributed by atoms with E-state index >= 15 is 0 Å². The maximum Gasteiger partial charge on any atom is 0.239 e. The summed E-state index contributed by atoms with van der Waals surface area (Å²) in [6, 6.07) is 22.8. The van der Waals surface area contributed by atoms with Crippen LogP contribution in [0.1, 0.15) is 28.3 Å². The van der Waals surface area contributed by atoms with Crippen LogP contribution >= 0.6 is 0 Å². The summed E-state index contributed by atoms with van der Waals surface area (Å²) >= 11 is 0. The Hall–Kier alpha value is -4.26. The molecule has 2 heterocycles. The number of aryl methyl sites for hydroxylation is 2. The minimum absolute atomic E-state index is 0.387. The van der Waals surface area contributed by atoms with Crippen LogP contribution in [0.25, 0.3) is 5.69 Å². The molecule has 0 fully saturated rings. The number of halogens is 1. The summed E-state index contributed by atoms with van der Waals surface area (Å²) in [4.78, 5) is 26.9. The lowest BCUT2D eigenvalue weighted by molar-refractivity contribution is -0.130. The van der Waals surface area contributed by atoms with Crippen LogP contribution in [-0.4, -0.2) is 21.6 Å². The summed E-state index contributed by atoms with van der Waals surface area (Å²) in [7, 11) is 0. The van der Waals surface area contributed by atoms with Gasteiger partial charge in [0.2, 0.25) is 11.8 Å². The molecular weight excluding hydrogens is 431 g/mol. The molecule has 0 spiro atoms. The van der Waals surface area contributed by atoms with Crippen LogP contribution in [0.2, 0.25) is 0 Å². The van der Waals surface area contributed by atoms with Gasteiger partial charge in [-0.15, -0.1) is 0 Å². The van der Waals surface area contributed by atoms with Gasteiger partial charge in [0.05, 0.1) is 11.4 Å². The number of para-hydroxylation sites is 1. The molecule has 0 unspecified atom stereocenters. The number of fused-ring (bicyclic) bond motifs is 1. The van der Waals surface area contributed by atoms with Crippen molar-refractivity contribution in [2.75, 3.05) is 10.6 Å². The molecule has 5 rings (SSSR count). The SMILES string of the molecule is Cc1cccc(NC(=O)[C@@H]2C(=O)Nc3c(c(C)nn3-c3ccccc3)[C@@H]2c2ccc(F)cc2)c1. The molecule has 0 aliphatic carbocycles. The Kier molecular flexibility index (Phi) is 5.45. The van der Waals surface area contributed by atoms with E-state index in [0.717, 1.165) is 16.8 Å². The van der Waals surface area contributed by atoms with Crippen molar-refractivity contribution in [1.29, 1.82) is 0 Å². The van der Waals surface area contributed by atoms with Crippen LogP contribution in [0.4, 0.5) is 15.9 Å². The zero-order chi connectivity index (χ0) is 23.8. The van der Waals surface area contributed by atoms with E-state index in [2.05, 4.69) is 15.7 Å². The molecule has 170 valence electrons. The Balaban J connectivity index is 1.63. The fourth-order valence-electron chi connectivity index (χ4n) is 4.54. The van der Waals surface area contributed by atoms with Gasteiger partial charge < -0.3 is 10.6 Å². The zero-order valence-corrected chi connectivity index (χ0v) is 18.7. The largest absolute Gasteiger partial charge is 0.325 e. The van der Waals surface area contributed by atoms with Crippen LogP contribution in [-0.2, 0) is 9.59 Å². The number of nitrogens with one attached hydrogen (secondary N) is 2. The minimum atomic E-state index is -1.06. The number of nitrogens with zero attached hydrogens (tertiary/aromatic N) is 2. The van der Waals surface area contributed by atoms with Crippen molar-refractivity contribution in [1.82, 2.24) is 9.78 Å². The Bertz CT molecular complexity index is 1380. The first-order valence-corrected chi connectivity index (χ1v) is 11.0. The van der Waals surface area contributed by atoms with Crippen LogP contribution in [0, 0.1) is 25.6 Å². The predicted octanol–water partition coefficient (Wildman–Crippen LogP) is 4.97. The third-order valence-corrected chi connectivity index (χ3v) is 6.07. The number of rotatable bonds is 4. The smallest absolute Gasteiger partial charge is 0.239 e. The number of amides is 2. The van der Waals surface area contributed by atoms with Gasteiger partial charge in [0.25, 0.3) is 0 Å². The third kappa shape index (κ3) is 3.85. The van der Waals surface area contributed by atoms with Crippen molar-refractivity contribution in [3.63, 3.8) is 0 Å². The molecule has 1 aromatic heterocycles. The first kappa shape index (κ1) is 21.6. The third-order valence-electron chi connectivity index (χ3n) is 6.07. The Morgan fingerprint density at radius 2 is 1.74 bits per heavy atom. The molecule has 34 heavy (non-hydrogen) atoms. The normalized spacial score (nSPS) is 17.1. The molecule has 2 amide bonds. The number of hydrogen-bond donors (Lipinski definition) is 2. The summed E-state index contributed by atoms with van der Waals surface area (Å²) < 4.78 is 15.4. The summed E-state index contributed by atoms with van der Waals surface area (Å²) in [6.07, 6.45) is 0. The van der Waals surface area contributed by atoms with E-state index in [4.69, 9.17) is 0 Å². The van der Waals surface area contributed by atoms with E-state index in [0.29, 0.717) is 22.8 Å². The Labute approximate surface area is 196 Å². The zero-order valence-electron chi connectivity index (χ0n) is 18.7. The Morgan fingerprint density at radius 3 is 2.44 bits per heavy atom. The molecule has 7 heteroatoms. The van der Waals surface area contributed by atoms with Crippen LogP contribution in [0.15, 0.2) is 78.9 Å². The Morgan fingerprint density at radius 1 is 1.00 bits per heavy atom. The summed E-state index contributed by atoms with van der Waals surface area (Å²) in [5.41, 5.74) is 4.47. The topological polar surface area (TPSA) is 76.0 Å². The van der Waals surface area contributed by atoms with Gasteiger partial charge in [0.1, 0.15) is 17.6 Å². The van der Waals surface area contributed by atoms with E-state index in [9.17, 15) is 14.0 Å². The van der Waals surface area contributed by atoms with Crippen molar-refractivity contribution in [3.05, 3.63) is 107 Å². The quantitative estimate of drug-likeness (QED) is 0.428. The number of carbonyl (C=O) groups excluding carboxylic acids is 2. The van der Waals surface area contributed by atoms with Gasteiger partial charge in [-0.3, -0.25) is 9.59 Å². The van der Waals surface area contributed by atoms with Crippen LogP contribution in [0.5, 0.6) is 0 Å². The van der Waals surface area contributed by atoms with Crippen molar-refractivity contribution in [2.45, 2.75) is 19.8 Å². The molecule has 0 saturated heterocycles. The van der Waals surface area contributed by atoms with Crippen molar-refractivity contribution in [2.24, 2.45) is 5.92 Å². The number of anilines is 2. The maximum absolute atomic E-state index is 13.7. The van der Waals surface area contributed by atoms with Gasteiger partial charge in [0.15, 0.2) is 0 Å². The molecule has 0 bridgehead atoms. The van der Waals surface area contributed by atoms with E-state index in [1.807, 2.05) is 62.4 Å². The highest BCUT2D eigenvalue weighted by Crippen LogP contribution is 2.43. The average Bonchev–Trinajstić information content (AvgIpc) is 3.15. The number of hydrogen-bond acceptors (Lipinski definition) is 3. The molecule has 6 nitrogen and oxygen atoms in total. The van der Waals surface area contributed by atoms with E-state index in [1.54, 1.807) is 22.9 Å². The molecule has 1 aliphatic rings. The van der Waals surface area contributed by atoms with Crippen molar-refractivity contribution >= 4 is 23.3 Å². The number of carbonyl (C=O) groups is 2. The summed E-state index contributed by atoms with van der Waals surface area (Å²) in [5, 5.41) is 10.5. The monoisotopic (exact) mass is 454 g/mol. The maximum atomic E-state index is 13.7. The summed E-state index contributed by atoms with van der Waals surface area (Å²) in [5.74, 6) is -2.44. The van der Waals surface area contributed by atoms with Gasteiger partial charge >= 0.3 is 0 Å². The van der Waals surface area contributed by atoms with Gasteiger partial charge in [-0.25, -0.2) is 9.07 Å². The second-order valence-electron chi connectivity index (χ2n) is 8.45. The first-order valence-electron chi connectivity index (χ1n) is 11.0. The van der Waals surface area contributed by atoms with E-state index < -0.39 is 23.7 Å². The highest BCUT2D eigenvalue weighted by molar-refractivity contribution is 6.13. The van der Waals surface area contributed by atoms with Crippen molar-refractivity contribution in [3.8, 4) is 5.69 Å². The highest BCUT2D eigenvalue weighted by atomic mass is 19.1. The molecule has 0 radical (unpaired) electrons. The molecule has 4 aromatic rings. The molecule has 1 aliphatic heterocycles. The van der Waals surface area contributed by atoms with Gasteiger partial charge in [0, 0.05) is 17.2 Å². The minimum Gasteiger partial charge on any atom is -0.325 e. The van der Waals surface area contributed by atoms with E-state index in [1.165, 1.54) is 12.1 Å². The fraction of sp³-hybridized carbons (Fsp3) is 0.148. The second-order valence-corrected chi connectivity index (χ2v) is 8.45. The fourth-order valence-corrected chi connectivity index (χ4v) is 4.54. The molecule has 2 atom stereocenters. The molecule has 3 aromatic carbocycles. The van der Waals surface area contributed by atoms with Crippen LogP contribution < -0.4 is 10.6 Å². The first-order chi connectivity index (χ1) is 16.4. The van der Waals surface area contributed by atoms with Crippen molar-refractivity contribution < 1.29 is 14.0 Å². The van der Waals surface area contributed by atoms with Crippen LogP contribution in [0.3, 0.4) is 0 Å².